The Hall–Kier alpha value is -0.0800. The molecule has 0 aromatic heterocycles. The average Bonchev–Trinajstić information content (AvgIpc) is 2.79. The maximum absolute atomic E-state index is 5.63. The SMILES string of the molecule is CCCCCCCC1(CNCCC)CCOC1. The molecule has 1 N–H and O–H groups in total. The highest BCUT2D eigenvalue weighted by molar-refractivity contribution is 4.85. The van der Waals surface area contributed by atoms with Crippen LogP contribution in [0.25, 0.3) is 0 Å². The average molecular weight is 241 g/mol. The van der Waals surface area contributed by atoms with Gasteiger partial charge in [-0.1, -0.05) is 46.0 Å². The smallest absolute Gasteiger partial charge is 0.0535 e. The van der Waals surface area contributed by atoms with E-state index in [1.54, 1.807) is 0 Å². The number of hydrogen-bond donors (Lipinski definition) is 1. The summed E-state index contributed by atoms with van der Waals surface area (Å²) in [4.78, 5) is 0. The van der Waals surface area contributed by atoms with Crippen molar-refractivity contribution in [1.82, 2.24) is 5.32 Å². The molecule has 0 radical (unpaired) electrons. The fraction of sp³-hybridized carbons (Fsp3) is 1.00. The van der Waals surface area contributed by atoms with Crippen LogP contribution < -0.4 is 5.32 Å². The lowest BCUT2D eigenvalue weighted by molar-refractivity contribution is 0.142. The topological polar surface area (TPSA) is 21.3 Å². The van der Waals surface area contributed by atoms with Crippen molar-refractivity contribution in [2.75, 3.05) is 26.3 Å². The molecule has 1 unspecified atom stereocenters. The van der Waals surface area contributed by atoms with Gasteiger partial charge in [-0.05, 0) is 25.8 Å². The van der Waals surface area contributed by atoms with Gasteiger partial charge in [-0.15, -0.1) is 0 Å². The van der Waals surface area contributed by atoms with E-state index in [1.807, 2.05) is 0 Å². The van der Waals surface area contributed by atoms with Gasteiger partial charge in [0.2, 0.25) is 0 Å². The molecule has 2 nitrogen and oxygen atoms in total. The quantitative estimate of drug-likeness (QED) is 0.588. The first-order chi connectivity index (χ1) is 8.33. The Balaban J connectivity index is 2.17. The van der Waals surface area contributed by atoms with Gasteiger partial charge in [0, 0.05) is 18.6 Å². The van der Waals surface area contributed by atoms with E-state index in [0.29, 0.717) is 5.41 Å². The highest BCUT2D eigenvalue weighted by Gasteiger charge is 2.33. The molecule has 0 aromatic carbocycles. The van der Waals surface area contributed by atoms with Crippen molar-refractivity contribution in [3.05, 3.63) is 0 Å². The molecule has 1 saturated heterocycles. The Kier molecular flexibility index (Phi) is 7.87. The molecule has 1 rings (SSSR count). The van der Waals surface area contributed by atoms with Gasteiger partial charge < -0.3 is 10.1 Å². The lowest BCUT2D eigenvalue weighted by Gasteiger charge is -2.27. The van der Waals surface area contributed by atoms with Crippen molar-refractivity contribution in [3.63, 3.8) is 0 Å². The van der Waals surface area contributed by atoms with E-state index < -0.39 is 0 Å². The van der Waals surface area contributed by atoms with Crippen LogP contribution in [0.5, 0.6) is 0 Å². The van der Waals surface area contributed by atoms with Crippen molar-refractivity contribution >= 4 is 0 Å². The number of unbranched alkanes of at least 4 members (excludes halogenated alkanes) is 4. The first kappa shape index (κ1) is 15.0. The van der Waals surface area contributed by atoms with Gasteiger partial charge in [-0.2, -0.15) is 0 Å². The second-order valence-electron chi connectivity index (χ2n) is 5.64. The van der Waals surface area contributed by atoms with Crippen LogP contribution in [0.4, 0.5) is 0 Å². The Morgan fingerprint density at radius 1 is 1.06 bits per heavy atom. The van der Waals surface area contributed by atoms with E-state index in [4.69, 9.17) is 4.74 Å². The summed E-state index contributed by atoms with van der Waals surface area (Å²) in [7, 11) is 0. The summed E-state index contributed by atoms with van der Waals surface area (Å²) in [5.74, 6) is 0. The Labute approximate surface area is 108 Å². The van der Waals surface area contributed by atoms with E-state index in [-0.39, 0.29) is 0 Å². The highest BCUT2D eigenvalue weighted by Crippen LogP contribution is 2.33. The molecule has 102 valence electrons. The predicted molar refractivity (Wildman–Crippen MR) is 74.4 cm³/mol. The maximum atomic E-state index is 5.63. The molecule has 0 spiro atoms. The van der Waals surface area contributed by atoms with Crippen LogP contribution in [0.2, 0.25) is 0 Å². The summed E-state index contributed by atoms with van der Waals surface area (Å²) in [6.45, 7) is 8.78. The third-order valence-corrected chi connectivity index (χ3v) is 3.92. The summed E-state index contributed by atoms with van der Waals surface area (Å²) in [6, 6.07) is 0. The molecule has 0 amide bonds. The second kappa shape index (κ2) is 8.93. The number of hydrogen-bond acceptors (Lipinski definition) is 2. The molecule has 1 aliphatic heterocycles. The summed E-state index contributed by atoms with van der Waals surface area (Å²) >= 11 is 0. The standard InChI is InChI=1S/C15H31NO/c1-3-5-6-7-8-9-15(10-12-17-14-15)13-16-11-4-2/h16H,3-14H2,1-2H3. The molecular weight excluding hydrogens is 210 g/mol. The van der Waals surface area contributed by atoms with E-state index >= 15 is 0 Å². The minimum absolute atomic E-state index is 0.460. The van der Waals surface area contributed by atoms with Crippen LogP contribution in [0.15, 0.2) is 0 Å². The van der Waals surface area contributed by atoms with Crippen molar-refractivity contribution < 1.29 is 4.74 Å². The van der Waals surface area contributed by atoms with Crippen LogP contribution in [0.3, 0.4) is 0 Å². The third kappa shape index (κ3) is 5.87. The van der Waals surface area contributed by atoms with Crippen LogP contribution in [-0.2, 0) is 4.74 Å². The summed E-state index contributed by atoms with van der Waals surface area (Å²) in [6.07, 6.45) is 10.8. The fourth-order valence-electron chi connectivity index (χ4n) is 2.71. The molecule has 1 aliphatic rings. The van der Waals surface area contributed by atoms with Crippen LogP contribution in [0.1, 0.15) is 65.2 Å². The van der Waals surface area contributed by atoms with Gasteiger partial charge in [-0.25, -0.2) is 0 Å². The van der Waals surface area contributed by atoms with Crippen molar-refractivity contribution in [2.24, 2.45) is 5.41 Å². The minimum Gasteiger partial charge on any atom is -0.381 e. The second-order valence-corrected chi connectivity index (χ2v) is 5.64. The summed E-state index contributed by atoms with van der Waals surface area (Å²) in [5, 5.41) is 3.59. The van der Waals surface area contributed by atoms with Gasteiger partial charge in [0.15, 0.2) is 0 Å². The summed E-state index contributed by atoms with van der Waals surface area (Å²) < 4.78 is 5.63. The van der Waals surface area contributed by atoms with Gasteiger partial charge in [0.25, 0.3) is 0 Å². The molecule has 17 heavy (non-hydrogen) atoms. The van der Waals surface area contributed by atoms with Crippen LogP contribution >= 0.6 is 0 Å². The largest absolute Gasteiger partial charge is 0.381 e. The molecular formula is C15H31NO. The molecule has 0 aliphatic carbocycles. The van der Waals surface area contributed by atoms with E-state index in [9.17, 15) is 0 Å². The zero-order valence-corrected chi connectivity index (χ0v) is 11.9. The molecule has 0 aromatic rings. The number of rotatable bonds is 10. The normalized spacial score (nSPS) is 24.4. The lowest BCUT2D eigenvalue weighted by atomic mass is 9.81. The Bertz CT molecular complexity index is 176. The Morgan fingerprint density at radius 2 is 1.88 bits per heavy atom. The summed E-state index contributed by atoms with van der Waals surface area (Å²) in [5.41, 5.74) is 0.460. The fourth-order valence-corrected chi connectivity index (χ4v) is 2.71. The van der Waals surface area contributed by atoms with E-state index in [1.165, 1.54) is 51.4 Å². The molecule has 1 heterocycles. The maximum Gasteiger partial charge on any atom is 0.0535 e. The molecule has 0 saturated carbocycles. The highest BCUT2D eigenvalue weighted by atomic mass is 16.5. The van der Waals surface area contributed by atoms with Crippen molar-refractivity contribution in [3.8, 4) is 0 Å². The first-order valence-corrected chi connectivity index (χ1v) is 7.61. The monoisotopic (exact) mass is 241 g/mol. The molecule has 2 heteroatoms. The Morgan fingerprint density at radius 3 is 2.53 bits per heavy atom. The van der Waals surface area contributed by atoms with E-state index in [2.05, 4.69) is 19.2 Å². The molecule has 1 fully saturated rings. The zero-order valence-electron chi connectivity index (χ0n) is 11.9. The van der Waals surface area contributed by atoms with Gasteiger partial charge >= 0.3 is 0 Å². The van der Waals surface area contributed by atoms with Crippen molar-refractivity contribution in [1.29, 1.82) is 0 Å². The third-order valence-electron chi connectivity index (χ3n) is 3.92. The minimum atomic E-state index is 0.460. The van der Waals surface area contributed by atoms with Gasteiger partial charge in [-0.3, -0.25) is 0 Å². The number of ether oxygens (including phenoxy) is 1. The molecule has 1 atom stereocenters. The van der Waals surface area contributed by atoms with Gasteiger partial charge in [0.05, 0.1) is 6.61 Å². The zero-order chi connectivity index (χ0) is 12.4. The first-order valence-electron chi connectivity index (χ1n) is 7.61. The number of nitrogens with one attached hydrogen (secondary N) is 1. The predicted octanol–water partition coefficient (Wildman–Crippen LogP) is 3.75. The lowest BCUT2D eigenvalue weighted by Crippen LogP contribution is -2.35. The van der Waals surface area contributed by atoms with E-state index in [0.717, 1.165) is 26.3 Å². The molecule has 0 bridgehead atoms. The van der Waals surface area contributed by atoms with Gasteiger partial charge in [0.1, 0.15) is 0 Å². The van der Waals surface area contributed by atoms with Crippen LogP contribution in [-0.4, -0.2) is 26.3 Å². The van der Waals surface area contributed by atoms with Crippen LogP contribution in [0, 0.1) is 5.41 Å². The van der Waals surface area contributed by atoms with Crippen molar-refractivity contribution in [2.45, 2.75) is 65.2 Å².